The zero-order valence-electron chi connectivity index (χ0n) is 11.5. The van der Waals surface area contributed by atoms with E-state index in [0.717, 1.165) is 19.5 Å². The Hall–Kier alpha value is -1.33. The highest BCUT2D eigenvalue weighted by atomic mass is 15.1. The molecule has 0 aliphatic carbocycles. The zero-order chi connectivity index (χ0) is 13.1. The van der Waals surface area contributed by atoms with E-state index in [4.69, 9.17) is 5.26 Å². The summed E-state index contributed by atoms with van der Waals surface area (Å²) in [5.74, 6) is 0. The fourth-order valence-electron chi connectivity index (χ4n) is 1.59. The standard InChI is InChI=1S/C13H18N2.C2H6/c1-12-7-3-4-8-13(12)11-15(2)10-6-5-9-14;1-2/h3-4,7-8H,5-6,10-11H2,1-2H3;1-2H3. The minimum Gasteiger partial charge on any atom is -0.302 e. The van der Waals surface area contributed by atoms with Crippen LogP contribution in [0.15, 0.2) is 24.3 Å². The van der Waals surface area contributed by atoms with Crippen LogP contribution in [-0.4, -0.2) is 18.5 Å². The molecule has 1 rings (SSSR count). The van der Waals surface area contributed by atoms with Gasteiger partial charge in [-0.2, -0.15) is 5.26 Å². The summed E-state index contributed by atoms with van der Waals surface area (Å²) in [7, 11) is 2.10. The minimum absolute atomic E-state index is 0.651. The van der Waals surface area contributed by atoms with Crippen molar-refractivity contribution in [2.24, 2.45) is 0 Å². The average molecular weight is 232 g/mol. The van der Waals surface area contributed by atoms with Crippen LogP contribution in [0.4, 0.5) is 0 Å². The van der Waals surface area contributed by atoms with Gasteiger partial charge in [0, 0.05) is 13.0 Å². The molecule has 0 N–H and O–H groups in total. The Kier molecular flexibility index (Phi) is 9.09. The summed E-state index contributed by atoms with van der Waals surface area (Å²) in [4.78, 5) is 2.26. The molecule has 0 fully saturated rings. The molecule has 0 saturated carbocycles. The molecule has 2 heteroatoms. The van der Waals surface area contributed by atoms with E-state index in [0.29, 0.717) is 6.42 Å². The molecule has 0 spiro atoms. The molecule has 0 unspecified atom stereocenters. The minimum atomic E-state index is 0.651. The Morgan fingerprint density at radius 2 is 1.88 bits per heavy atom. The second-order valence-electron chi connectivity index (χ2n) is 3.93. The van der Waals surface area contributed by atoms with Crippen LogP contribution in [0.3, 0.4) is 0 Å². The van der Waals surface area contributed by atoms with E-state index in [1.54, 1.807) is 0 Å². The van der Waals surface area contributed by atoms with E-state index in [-0.39, 0.29) is 0 Å². The maximum atomic E-state index is 8.44. The number of rotatable bonds is 5. The van der Waals surface area contributed by atoms with Gasteiger partial charge in [-0.3, -0.25) is 0 Å². The van der Waals surface area contributed by atoms with Crippen molar-refractivity contribution < 1.29 is 0 Å². The smallest absolute Gasteiger partial charge is 0.0622 e. The number of hydrogen-bond donors (Lipinski definition) is 0. The first-order chi connectivity index (χ1) is 8.24. The Bertz CT molecular complexity index is 339. The summed E-state index contributed by atoms with van der Waals surface area (Å²) in [5, 5.41) is 8.44. The SMILES string of the molecule is CC.Cc1ccccc1CN(C)CCCC#N. The molecule has 0 aliphatic rings. The van der Waals surface area contributed by atoms with Gasteiger partial charge in [-0.1, -0.05) is 38.1 Å². The Morgan fingerprint density at radius 1 is 1.24 bits per heavy atom. The van der Waals surface area contributed by atoms with E-state index in [1.807, 2.05) is 13.8 Å². The summed E-state index contributed by atoms with van der Waals surface area (Å²) in [5.41, 5.74) is 2.71. The van der Waals surface area contributed by atoms with Crippen LogP contribution < -0.4 is 0 Å². The Balaban J connectivity index is 0.00000121. The van der Waals surface area contributed by atoms with Crippen molar-refractivity contribution in [3.63, 3.8) is 0 Å². The zero-order valence-corrected chi connectivity index (χ0v) is 11.5. The normalized spacial score (nSPS) is 9.41. The summed E-state index contributed by atoms with van der Waals surface area (Å²) < 4.78 is 0. The summed E-state index contributed by atoms with van der Waals surface area (Å²) in [6.45, 7) is 8.10. The third-order valence-electron chi connectivity index (χ3n) is 2.53. The van der Waals surface area contributed by atoms with Crippen molar-refractivity contribution in [3.8, 4) is 6.07 Å². The molecule has 0 atom stereocenters. The quantitative estimate of drug-likeness (QED) is 0.723. The fourth-order valence-corrected chi connectivity index (χ4v) is 1.59. The van der Waals surface area contributed by atoms with Gasteiger partial charge in [0.15, 0.2) is 0 Å². The van der Waals surface area contributed by atoms with Crippen molar-refractivity contribution in [2.45, 2.75) is 40.2 Å². The van der Waals surface area contributed by atoms with Crippen molar-refractivity contribution >= 4 is 0 Å². The highest BCUT2D eigenvalue weighted by Gasteiger charge is 2.01. The first-order valence-electron chi connectivity index (χ1n) is 6.34. The number of nitriles is 1. The molecule has 0 saturated heterocycles. The summed E-state index contributed by atoms with van der Waals surface area (Å²) in [6.07, 6.45) is 1.61. The van der Waals surface area contributed by atoms with Crippen molar-refractivity contribution in [2.75, 3.05) is 13.6 Å². The van der Waals surface area contributed by atoms with Crippen LogP contribution in [0, 0.1) is 18.3 Å². The largest absolute Gasteiger partial charge is 0.302 e. The monoisotopic (exact) mass is 232 g/mol. The van der Waals surface area contributed by atoms with E-state index in [9.17, 15) is 0 Å². The third kappa shape index (κ3) is 6.76. The molecule has 1 aromatic carbocycles. The highest BCUT2D eigenvalue weighted by Crippen LogP contribution is 2.09. The van der Waals surface area contributed by atoms with Crippen molar-refractivity contribution in [1.82, 2.24) is 4.90 Å². The first kappa shape index (κ1) is 15.7. The number of unbranched alkanes of at least 4 members (excludes halogenated alkanes) is 1. The number of nitrogens with zero attached hydrogens (tertiary/aromatic N) is 2. The van der Waals surface area contributed by atoms with Crippen LogP contribution >= 0.6 is 0 Å². The molecule has 0 radical (unpaired) electrons. The third-order valence-corrected chi connectivity index (χ3v) is 2.53. The lowest BCUT2D eigenvalue weighted by molar-refractivity contribution is 0.323. The molecule has 2 nitrogen and oxygen atoms in total. The molecule has 0 heterocycles. The van der Waals surface area contributed by atoms with E-state index in [1.165, 1.54) is 11.1 Å². The predicted molar refractivity (Wildman–Crippen MR) is 73.7 cm³/mol. The second-order valence-corrected chi connectivity index (χ2v) is 3.93. The summed E-state index contributed by atoms with van der Waals surface area (Å²) in [6, 6.07) is 10.6. The highest BCUT2D eigenvalue weighted by molar-refractivity contribution is 5.25. The van der Waals surface area contributed by atoms with Gasteiger partial charge in [-0.15, -0.1) is 0 Å². The maximum absolute atomic E-state index is 8.44. The van der Waals surface area contributed by atoms with Crippen LogP contribution in [0.25, 0.3) is 0 Å². The number of hydrogen-bond acceptors (Lipinski definition) is 2. The van der Waals surface area contributed by atoms with Gasteiger partial charge >= 0.3 is 0 Å². The van der Waals surface area contributed by atoms with Gasteiger partial charge in [-0.25, -0.2) is 0 Å². The van der Waals surface area contributed by atoms with Crippen LogP contribution in [0.5, 0.6) is 0 Å². The molecule has 94 valence electrons. The average Bonchev–Trinajstić information content (AvgIpc) is 2.35. The van der Waals surface area contributed by atoms with E-state index in [2.05, 4.69) is 49.2 Å². The van der Waals surface area contributed by atoms with Crippen molar-refractivity contribution in [1.29, 1.82) is 5.26 Å². The van der Waals surface area contributed by atoms with Gasteiger partial charge in [0.2, 0.25) is 0 Å². The molecular weight excluding hydrogens is 208 g/mol. The predicted octanol–water partition coefficient (Wildman–Crippen LogP) is 3.76. The van der Waals surface area contributed by atoms with Gasteiger partial charge < -0.3 is 4.90 Å². The van der Waals surface area contributed by atoms with Gasteiger partial charge in [0.05, 0.1) is 6.07 Å². The molecule has 0 aliphatic heterocycles. The molecule has 1 aromatic rings. The topological polar surface area (TPSA) is 27.0 Å². The molecule has 0 amide bonds. The lowest BCUT2D eigenvalue weighted by Crippen LogP contribution is -2.19. The van der Waals surface area contributed by atoms with E-state index < -0.39 is 0 Å². The van der Waals surface area contributed by atoms with Gasteiger partial charge in [0.25, 0.3) is 0 Å². The van der Waals surface area contributed by atoms with Gasteiger partial charge in [0.1, 0.15) is 0 Å². The van der Waals surface area contributed by atoms with Crippen molar-refractivity contribution in [3.05, 3.63) is 35.4 Å². The molecule has 17 heavy (non-hydrogen) atoms. The Morgan fingerprint density at radius 3 is 2.47 bits per heavy atom. The Labute approximate surface area is 106 Å². The maximum Gasteiger partial charge on any atom is 0.0622 e. The van der Waals surface area contributed by atoms with Crippen LogP contribution in [0.2, 0.25) is 0 Å². The van der Waals surface area contributed by atoms with E-state index >= 15 is 0 Å². The van der Waals surface area contributed by atoms with Crippen LogP contribution in [0.1, 0.15) is 37.8 Å². The lowest BCUT2D eigenvalue weighted by Gasteiger charge is -2.17. The number of benzene rings is 1. The number of aryl methyl sites for hydroxylation is 1. The van der Waals surface area contributed by atoms with Crippen LogP contribution in [-0.2, 0) is 6.54 Å². The van der Waals surface area contributed by atoms with Gasteiger partial charge in [-0.05, 0) is 38.1 Å². The first-order valence-corrected chi connectivity index (χ1v) is 6.34. The second kappa shape index (κ2) is 9.86. The molecular formula is C15H24N2. The summed E-state index contributed by atoms with van der Waals surface area (Å²) >= 11 is 0. The molecule has 0 bridgehead atoms. The lowest BCUT2D eigenvalue weighted by atomic mass is 10.1. The fraction of sp³-hybridized carbons (Fsp3) is 0.533. The molecule has 0 aromatic heterocycles.